The minimum absolute atomic E-state index is 0. The topological polar surface area (TPSA) is 41.1 Å². The fourth-order valence-corrected chi connectivity index (χ4v) is 4.62. The largest absolute Gasteiger partial charge is 0.349 e. The maximum atomic E-state index is 13.6. The van der Waals surface area contributed by atoms with Crippen LogP contribution in [0.1, 0.15) is 43.7 Å². The maximum absolute atomic E-state index is 13.6. The van der Waals surface area contributed by atoms with Gasteiger partial charge in [0.25, 0.3) is 0 Å². The first-order valence-electron chi connectivity index (χ1n) is 8.58. The highest BCUT2D eigenvalue weighted by Crippen LogP contribution is 2.36. The average molecular weight is 373 g/mol. The van der Waals surface area contributed by atoms with Gasteiger partial charge in [-0.1, -0.05) is 25.0 Å². The lowest BCUT2D eigenvalue weighted by Crippen LogP contribution is -2.42. The van der Waals surface area contributed by atoms with E-state index >= 15 is 0 Å². The number of rotatable bonds is 5. The quantitative estimate of drug-likeness (QED) is 0.828. The second-order valence-corrected chi connectivity index (χ2v) is 7.72. The third-order valence-electron chi connectivity index (χ3n) is 4.83. The highest BCUT2D eigenvalue weighted by molar-refractivity contribution is 7.99. The Morgan fingerprint density at radius 3 is 2.83 bits per heavy atom. The molecular weight excluding hydrogens is 347 g/mol. The molecule has 1 amide bonds. The van der Waals surface area contributed by atoms with E-state index in [1.165, 1.54) is 18.9 Å². The van der Waals surface area contributed by atoms with Crippen molar-refractivity contribution in [3.63, 3.8) is 0 Å². The van der Waals surface area contributed by atoms with Crippen LogP contribution >= 0.6 is 24.2 Å². The normalized spacial score (nSPS) is 22.6. The third-order valence-corrected chi connectivity index (χ3v) is 5.96. The van der Waals surface area contributed by atoms with E-state index in [0.717, 1.165) is 36.5 Å². The molecule has 134 valence electrons. The van der Waals surface area contributed by atoms with Crippen molar-refractivity contribution < 1.29 is 9.18 Å². The zero-order valence-electron chi connectivity index (χ0n) is 13.8. The van der Waals surface area contributed by atoms with Crippen molar-refractivity contribution >= 4 is 30.1 Å². The number of hydrogen-bond donors (Lipinski definition) is 2. The van der Waals surface area contributed by atoms with Crippen LogP contribution in [0.5, 0.6) is 0 Å². The first-order chi connectivity index (χ1) is 11.2. The van der Waals surface area contributed by atoms with E-state index in [1.54, 1.807) is 12.1 Å². The fraction of sp³-hybridized carbons (Fsp3) is 0.611. The van der Waals surface area contributed by atoms with Crippen molar-refractivity contribution in [1.82, 2.24) is 10.6 Å². The summed E-state index contributed by atoms with van der Waals surface area (Å²) in [5.74, 6) is 2.37. The molecule has 2 atom stereocenters. The van der Waals surface area contributed by atoms with Gasteiger partial charge in [0.1, 0.15) is 5.82 Å². The molecule has 1 heterocycles. The molecule has 1 aliphatic carbocycles. The van der Waals surface area contributed by atoms with Crippen LogP contribution in [-0.2, 0) is 4.79 Å². The summed E-state index contributed by atoms with van der Waals surface area (Å²) >= 11 is 1.90. The summed E-state index contributed by atoms with van der Waals surface area (Å²) in [6, 6.07) is 6.89. The molecule has 1 saturated carbocycles. The summed E-state index contributed by atoms with van der Waals surface area (Å²) in [6.07, 6.45) is 5.13. The van der Waals surface area contributed by atoms with E-state index in [4.69, 9.17) is 0 Å². The molecule has 3 rings (SSSR count). The minimum atomic E-state index is -0.231. The summed E-state index contributed by atoms with van der Waals surface area (Å²) in [5.41, 5.74) is 0.899. The second-order valence-electron chi connectivity index (χ2n) is 6.57. The number of nitrogens with one attached hydrogen (secondary N) is 2. The highest BCUT2D eigenvalue weighted by Gasteiger charge is 2.28. The summed E-state index contributed by atoms with van der Waals surface area (Å²) in [5, 5.41) is 6.59. The standard InChI is InChI=1S/C18H25FN2OS.ClH/c19-15-7-3-6-14(10-15)18(13-4-1-2-5-13)21-17(22)11-16-12-23-9-8-20-16;/h3,6-7,10,13,16,18,20H,1-2,4-5,8-9,11-12H2,(H,21,22);1H. The number of halogens is 2. The lowest BCUT2D eigenvalue weighted by Gasteiger charge is -2.27. The number of amides is 1. The average Bonchev–Trinajstić information content (AvgIpc) is 3.08. The molecule has 1 aromatic carbocycles. The molecule has 3 nitrogen and oxygen atoms in total. The Labute approximate surface area is 154 Å². The van der Waals surface area contributed by atoms with E-state index in [0.29, 0.717) is 12.3 Å². The molecule has 24 heavy (non-hydrogen) atoms. The monoisotopic (exact) mass is 372 g/mol. The Hall–Kier alpha value is -0.780. The Morgan fingerprint density at radius 2 is 2.17 bits per heavy atom. The first-order valence-corrected chi connectivity index (χ1v) is 9.74. The summed E-state index contributed by atoms with van der Waals surface area (Å²) in [6.45, 7) is 0.971. The van der Waals surface area contributed by atoms with Gasteiger partial charge in [-0.05, 0) is 36.5 Å². The van der Waals surface area contributed by atoms with Crippen molar-refractivity contribution in [3.05, 3.63) is 35.6 Å². The molecule has 0 aromatic heterocycles. The highest BCUT2D eigenvalue weighted by atomic mass is 35.5. The van der Waals surface area contributed by atoms with E-state index in [1.807, 2.05) is 17.8 Å². The summed E-state index contributed by atoms with van der Waals surface area (Å²) in [7, 11) is 0. The van der Waals surface area contributed by atoms with Gasteiger partial charge in [-0.25, -0.2) is 4.39 Å². The van der Waals surface area contributed by atoms with Crippen molar-refractivity contribution in [2.45, 2.75) is 44.2 Å². The Balaban J connectivity index is 0.00000208. The van der Waals surface area contributed by atoms with Crippen molar-refractivity contribution in [2.24, 2.45) is 5.92 Å². The van der Waals surface area contributed by atoms with Gasteiger partial charge in [0.15, 0.2) is 0 Å². The van der Waals surface area contributed by atoms with Gasteiger partial charge in [0.2, 0.25) is 5.91 Å². The molecule has 2 fully saturated rings. The molecule has 2 N–H and O–H groups in total. The number of carbonyl (C=O) groups excluding carboxylic acids is 1. The van der Waals surface area contributed by atoms with Crippen LogP contribution in [0.4, 0.5) is 4.39 Å². The molecule has 0 spiro atoms. The Morgan fingerprint density at radius 1 is 1.38 bits per heavy atom. The van der Waals surface area contributed by atoms with E-state index in [9.17, 15) is 9.18 Å². The van der Waals surface area contributed by atoms with Crippen molar-refractivity contribution in [2.75, 3.05) is 18.1 Å². The lowest BCUT2D eigenvalue weighted by atomic mass is 9.91. The predicted molar refractivity (Wildman–Crippen MR) is 100 cm³/mol. The van der Waals surface area contributed by atoms with Crippen LogP contribution in [0.25, 0.3) is 0 Å². The molecule has 0 bridgehead atoms. The number of hydrogen-bond acceptors (Lipinski definition) is 3. The fourth-order valence-electron chi connectivity index (χ4n) is 3.67. The summed E-state index contributed by atoms with van der Waals surface area (Å²) < 4.78 is 13.6. The first kappa shape index (κ1) is 19.5. The zero-order valence-corrected chi connectivity index (χ0v) is 15.4. The molecule has 6 heteroatoms. The SMILES string of the molecule is Cl.O=C(CC1CSCCN1)NC(c1cccc(F)c1)C1CCCC1. The van der Waals surface area contributed by atoms with Crippen LogP contribution in [0, 0.1) is 11.7 Å². The second kappa shape index (κ2) is 9.64. The minimum Gasteiger partial charge on any atom is -0.349 e. The predicted octanol–water partition coefficient (Wildman–Crippen LogP) is 3.69. The number of thioether (sulfide) groups is 1. The molecule has 0 radical (unpaired) electrons. The lowest BCUT2D eigenvalue weighted by molar-refractivity contribution is -0.122. The Kier molecular flexibility index (Phi) is 7.85. The van der Waals surface area contributed by atoms with Crippen LogP contribution in [0.3, 0.4) is 0 Å². The van der Waals surface area contributed by atoms with Gasteiger partial charge in [0.05, 0.1) is 6.04 Å². The smallest absolute Gasteiger partial charge is 0.222 e. The molecule has 1 saturated heterocycles. The molecule has 2 unspecified atom stereocenters. The van der Waals surface area contributed by atoms with E-state index in [2.05, 4.69) is 10.6 Å². The van der Waals surface area contributed by atoms with Crippen LogP contribution in [0.2, 0.25) is 0 Å². The van der Waals surface area contributed by atoms with Crippen molar-refractivity contribution in [1.29, 1.82) is 0 Å². The molecule has 1 aromatic rings. The molecule has 1 aliphatic heterocycles. The van der Waals surface area contributed by atoms with Gasteiger partial charge in [-0.2, -0.15) is 11.8 Å². The van der Waals surface area contributed by atoms with E-state index < -0.39 is 0 Å². The molecular formula is C18H26ClFN2OS. The van der Waals surface area contributed by atoms with Gasteiger partial charge < -0.3 is 10.6 Å². The molecule has 2 aliphatic rings. The van der Waals surface area contributed by atoms with Crippen molar-refractivity contribution in [3.8, 4) is 0 Å². The third kappa shape index (κ3) is 5.36. The number of benzene rings is 1. The van der Waals surface area contributed by atoms with E-state index in [-0.39, 0.29) is 36.2 Å². The number of carbonyl (C=O) groups is 1. The van der Waals surface area contributed by atoms with Crippen LogP contribution < -0.4 is 10.6 Å². The van der Waals surface area contributed by atoms with Crippen LogP contribution in [0.15, 0.2) is 24.3 Å². The Bertz CT molecular complexity index is 534. The van der Waals surface area contributed by atoms with Gasteiger partial charge in [0, 0.05) is 30.5 Å². The van der Waals surface area contributed by atoms with Gasteiger partial charge in [-0.3, -0.25) is 4.79 Å². The summed E-state index contributed by atoms with van der Waals surface area (Å²) in [4.78, 5) is 12.5. The van der Waals surface area contributed by atoms with Crippen LogP contribution in [-0.4, -0.2) is 30.0 Å². The van der Waals surface area contributed by atoms with Gasteiger partial charge >= 0.3 is 0 Å². The van der Waals surface area contributed by atoms with Gasteiger partial charge in [-0.15, -0.1) is 12.4 Å². The maximum Gasteiger partial charge on any atom is 0.222 e. The zero-order chi connectivity index (χ0) is 16.1.